The predicted octanol–water partition coefficient (Wildman–Crippen LogP) is 2.26. The summed E-state index contributed by atoms with van der Waals surface area (Å²) in [6.45, 7) is 8.04. The van der Waals surface area contributed by atoms with E-state index in [-0.39, 0.29) is 11.9 Å². The fourth-order valence-corrected chi connectivity index (χ4v) is 1.29. The molecule has 0 saturated carbocycles. The van der Waals surface area contributed by atoms with Gasteiger partial charge in [-0.2, -0.15) is 0 Å². The Kier molecular flexibility index (Phi) is 3.74. The zero-order chi connectivity index (χ0) is 10.6. The van der Waals surface area contributed by atoms with Crippen molar-refractivity contribution in [2.75, 3.05) is 0 Å². The lowest BCUT2D eigenvalue weighted by Gasteiger charge is -2.14. The summed E-state index contributed by atoms with van der Waals surface area (Å²) in [5.74, 6) is 0.660. The van der Waals surface area contributed by atoms with E-state index in [1.165, 1.54) is 6.26 Å². The Hall–Kier alpha value is -1.25. The van der Waals surface area contributed by atoms with E-state index >= 15 is 0 Å². The van der Waals surface area contributed by atoms with Gasteiger partial charge in [0.05, 0.1) is 6.26 Å². The number of nitrogens with one attached hydrogen (secondary N) is 1. The van der Waals surface area contributed by atoms with Crippen molar-refractivity contribution in [1.29, 1.82) is 0 Å². The normalized spacial score (nSPS) is 12.9. The highest BCUT2D eigenvalue weighted by Crippen LogP contribution is 2.05. The van der Waals surface area contributed by atoms with Gasteiger partial charge in [0.2, 0.25) is 0 Å². The smallest absolute Gasteiger partial charge is 0.287 e. The van der Waals surface area contributed by atoms with Crippen LogP contribution in [-0.2, 0) is 0 Å². The summed E-state index contributed by atoms with van der Waals surface area (Å²) >= 11 is 0. The summed E-state index contributed by atoms with van der Waals surface area (Å²) in [6.07, 6.45) is 2.35. The van der Waals surface area contributed by atoms with Crippen LogP contribution in [0.15, 0.2) is 22.8 Å². The largest absolute Gasteiger partial charge is 0.459 e. The van der Waals surface area contributed by atoms with Crippen molar-refractivity contribution in [2.24, 2.45) is 5.92 Å². The van der Waals surface area contributed by atoms with Crippen LogP contribution in [0.1, 0.15) is 30.8 Å². The molecule has 0 aliphatic carbocycles. The summed E-state index contributed by atoms with van der Waals surface area (Å²) in [7, 11) is 0. The molecular weight excluding hydrogens is 178 g/mol. The van der Waals surface area contributed by atoms with E-state index in [1.54, 1.807) is 12.1 Å². The third-order valence-corrected chi connectivity index (χ3v) is 1.84. The topological polar surface area (TPSA) is 42.2 Å². The zero-order valence-electron chi connectivity index (χ0n) is 8.62. The maximum absolute atomic E-state index is 11.5. The highest BCUT2D eigenvalue weighted by Gasteiger charge is 2.12. The molecule has 1 unspecified atom stereocenters. The van der Waals surface area contributed by atoms with E-state index in [4.69, 9.17) is 4.42 Å². The molecule has 1 radical (unpaired) electrons. The molecule has 1 rings (SSSR count). The monoisotopic (exact) mass is 194 g/mol. The molecule has 77 valence electrons. The summed E-state index contributed by atoms with van der Waals surface area (Å²) < 4.78 is 4.96. The van der Waals surface area contributed by atoms with Crippen molar-refractivity contribution in [3.63, 3.8) is 0 Å². The molecule has 3 nitrogen and oxygen atoms in total. The Morgan fingerprint density at radius 3 is 2.86 bits per heavy atom. The quantitative estimate of drug-likeness (QED) is 0.798. The maximum atomic E-state index is 11.5. The van der Waals surface area contributed by atoms with Gasteiger partial charge in [0, 0.05) is 6.04 Å². The van der Waals surface area contributed by atoms with Crippen LogP contribution >= 0.6 is 0 Å². The fourth-order valence-electron chi connectivity index (χ4n) is 1.29. The van der Waals surface area contributed by atoms with Gasteiger partial charge >= 0.3 is 0 Å². The van der Waals surface area contributed by atoms with Crippen molar-refractivity contribution in [1.82, 2.24) is 5.32 Å². The number of carbonyl (C=O) groups is 1. The van der Waals surface area contributed by atoms with Crippen molar-refractivity contribution in [3.05, 3.63) is 31.1 Å². The summed E-state index contributed by atoms with van der Waals surface area (Å²) in [4.78, 5) is 11.5. The molecule has 0 bridgehead atoms. The lowest BCUT2D eigenvalue weighted by Crippen LogP contribution is -2.33. The minimum absolute atomic E-state index is 0.0624. The van der Waals surface area contributed by atoms with Crippen LogP contribution in [-0.4, -0.2) is 11.9 Å². The molecule has 0 saturated heterocycles. The molecule has 3 heteroatoms. The Labute approximate surface area is 84.5 Å². The third-order valence-electron chi connectivity index (χ3n) is 1.84. The van der Waals surface area contributed by atoms with E-state index in [9.17, 15) is 4.79 Å². The SMILES string of the molecule is [CH2]C(CC(C)C)NC(=O)c1ccco1. The Bertz CT molecular complexity index is 277. The van der Waals surface area contributed by atoms with Gasteiger partial charge in [-0.1, -0.05) is 13.8 Å². The molecular formula is C11H16NO2. The molecule has 0 aromatic carbocycles. The van der Waals surface area contributed by atoms with Crippen molar-refractivity contribution < 1.29 is 9.21 Å². The second kappa shape index (κ2) is 4.84. The Balaban J connectivity index is 2.41. The third kappa shape index (κ3) is 3.24. The first kappa shape index (κ1) is 10.8. The van der Waals surface area contributed by atoms with Gasteiger partial charge in [-0.05, 0) is 31.4 Å². The molecule has 0 fully saturated rings. The molecule has 1 amide bonds. The maximum Gasteiger partial charge on any atom is 0.287 e. The van der Waals surface area contributed by atoms with Crippen molar-refractivity contribution in [2.45, 2.75) is 26.3 Å². The summed E-state index contributed by atoms with van der Waals surface area (Å²) in [5, 5.41) is 2.77. The molecule has 0 aliphatic heterocycles. The molecule has 1 N–H and O–H groups in total. The highest BCUT2D eigenvalue weighted by atomic mass is 16.3. The molecule has 1 aromatic heterocycles. The first-order valence-electron chi connectivity index (χ1n) is 4.77. The lowest BCUT2D eigenvalue weighted by molar-refractivity contribution is 0.0912. The molecule has 1 atom stereocenters. The van der Waals surface area contributed by atoms with Crippen LogP contribution in [0.25, 0.3) is 0 Å². The molecule has 0 spiro atoms. The molecule has 0 aliphatic rings. The average Bonchev–Trinajstić information content (AvgIpc) is 2.53. The van der Waals surface area contributed by atoms with Crippen molar-refractivity contribution in [3.8, 4) is 0 Å². The Morgan fingerprint density at radius 1 is 1.64 bits per heavy atom. The van der Waals surface area contributed by atoms with Crippen LogP contribution in [0.3, 0.4) is 0 Å². The first-order valence-corrected chi connectivity index (χ1v) is 4.77. The van der Waals surface area contributed by atoms with Gasteiger partial charge in [-0.25, -0.2) is 0 Å². The van der Waals surface area contributed by atoms with E-state index in [1.807, 2.05) is 0 Å². The van der Waals surface area contributed by atoms with Gasteiger partial charge in [-0.15, -0.1) is 0 Å². The zero-order valence-corrected chi connectivity index (χ0v) is 8.62. The van der Waals surface area contributed by atoms with Crippen LogP contribution in [0.5, 0.6) is 0 Å². The fraction of sp³-hybridized carbons (Fsp3) is 0.455. The van der Waals surface area contributed by atoms with Gasteiger partial charge in [0.1, 0.15) is 0 Å². The van der Waals surface area contributed by atoms with Crippen LogP contribution in [0.4, 0.5) is 0 Å². The first-order chi connectivity index (χ1) is 6.59. The van der Waals surface area contributed by atoms with Gasteiger partial charge in [0.25, 0.3) is 5.91 Å². The summed E-state index contributed by atoms with van der Waals surface area (Å²) in [6, 6.07) is 3.26. The second-order valence-corrected chi connectivity index (χ2v) is 3.78. The number of amides is 1. The predicted molar refractivity (Wildman–Crippen MR) is 54.8 cm³/mol. The van der Waals surface area contributed by atoms with Gasteiger partial charge < -0.3 is 9.73 Å². The molecule has 1 heterocycles. The number of furan rings is 1. The van der Waals surface area contributed by atoms with Crippen molar-refractivity contribution >= 4 is 5.91 Å². The van der Waals surface area contributed by atoms with Crippen LogP contribution in [0.2, 0.25) is 0 Å². The number of carbonyl (C=O) groups excluding carboxylic acids is 1. The molecule has 1 aromatic rings. The number of hydrogen-bond acceptors (Lipinski definition) is 2. The highest BCUT2D eigenvalue weighted by molar-refractivity contribution is 5.91. The van der Waals surface area contributed by atoms with Gasteiger partial charge in [0.15, 0.2) is 5.76 Å². The van der Waals surface area contributed by atoms with Gasteiger partial charge in [-0.3, -0.25) is 4.79 Å². The van der Waals surface area contributed by atoms with E-state index in [0.717, 1.165) is 6.42 Å². The molecule has 14 heavy (non-hydrogen) atoms. The second-order valence-electron chi connectivity index (χ2n) is 3.78. The van der Waals surface area contributed by atoms with E-state index in [2.05, 4.69) is 26.1 Å². The van der Waals surface area contributed by atoms with E-state index < -0.39 is 0 Å². The summed E-state index contributed by atoms with van der Waals surface area (Å²) in [5.41, 5.74) is 0. The lowest BCUT2D eigenvalue weighted by atomic mass is 10.1. The number of rotatable bonds is 4. The standard InChI is InChI=1S/C11H16NO2/c1-8(2)7-9(3)12-11(13)10-5-4-6-14-10/h4-6,8-9H,3,7H2,1-2H3,(H,12,13). The Morgan fingerprint density at radius 2 is 2.36 bits per heavy atom. The minimum Gasteiger partial charge on any atom is -0.459 e. The van der Waals surface area contributed by atoms with Crippen LogP contribution in [0, 0.1) is 12.8 Å². The average molecular weight is 194 g/mol. The number of hydrogen-bond donors (Lipinski definition) is 1. The van der Waals surface area contributed by atoms with Crippen LogP contribution < -0.4 is 5.32 Å². The van der Waals surface area contributed by atoms with E-state index in [0.29, 0.717) is 11.7 Å². The minimum atomic E-state index is -0.198.